The van der Waals surface area contributed by atoms with Gasteiger partial charge < -0.3 is 4.74 Å². The van der Waals surface area contributed by atoms with Crippen molar-refractivity contribution in [2.45, 2.75) is 12.5 Å². The molecule has 0 radical (unpaired) electrons. The summed E-state index contributed by atoms with van der Waals surface area (Å²) in [6.07, 6.45) is 3.82. The van der Waals surface area contributed by atoms with Crippen LogP contribution >= 0.6 is 15.9 Å². The Labute approximate surface area is 140 Å². The van der Waals surface area contributed by atoms with Crippen molar-refractivity contribution >= 4 is 33.5 Å². The van der Waals surface area contributed by atoms with E-state index in [1.54, 1.807) is 27.9 Å². The van der Waals surface area contributed by atoms with E-state index in [1.165, 1.54) is 0 Å². The highest BCUT2D eigenvalue weighted by atomic mass is 79.9. The molecule has 7 heteroatoms. The predicted octanol–water partition coefficient (Wildman–Crippen LogP) is 3.06. The number of carbonyl (C=O) groups is 1. The normalized spacial score (nSPS) is 17.7. The number of nitrogens with zero attached hydrogens (tertiary/aromatic N) is 4. The van der Waals surface area contributed by atoms with Gasteiger partial charge in [-0.1, -0.05) is 30.3 Å². The first-order valence-electron chi connectivity index (χ1n) is 7.22. The first-order chi connectivity index (χ1) is 11.2. The molecule has 3 heterocycles. The van der Waals surface area contributed by atoms with Gasteiger partial charge in [-0.05, 0) is 34.0 Å². The summed E-state index contributed by atoms with van der Waals surface area (Å²) >= 11 is 3.41. The Morgan fingerprint density at radius 2 is 2.09 bits per heavy atom. The van der Waals surface area contributed by atoms with Gasteiger partial charge >= 0.3 is 6.09 Å². The molecule has 1 fully saturated rings. The van der Waals surface area contributed by atoms with Crippen LogP contribution in [0, 0.1) is 0 Å². The highest BCUT2D eigenvalue weighted by Crippen LogP contribution is 2.25. The number of rotatable bonds is 3. The second-order valence-corrected chi connectivity index (χ2v) is 6.19. The summed E-state index contributed by atoms with van der Waals surface area (Å²) in [5.74, 6) is 0.571. The quantitative estimate of drug-likeness (QED) is 0.708. The zero-order valence-corrected chi connectivity index (χ0v) is 13.7. The summed E-state index contributed by atoms with van der Waals surface area (Å²) in [5.41, 5.74) is 1.83. The van der Waals surface area contributed by atoms with E-state index in [2.05, 4.69) is 26.0 Å². The van der Waals surface area contributed by atoms with E-state index >= 15 is 0 Å². The minimum Gasteiger partial charge on any atom is -0.447 e. The van der Waals surface area contributed by atoms with E-state index in [4.69, 9.17) is 4.74 Å². The van der Waals surface area contributed by atoms with Gasteiger partial charge in [0.15, 0.2) is 5.65 Å². The van der Waals surface area contributed by atoms with Gasteiger partial charge in [0, 0.05) is 6.20 Å². The third kappa shape index (κ3) is 2.57. The average Bonchev–Trinajstić information content (AvgIpc) is 3.12. The first-order valence-corrected chi connectivity index (χ1v) is 8.01. The fourth-order valence-electron chi connectivity index (χ4n) is 2.74. The molecule has 0 bridgehead atoms. The molecule has 1 saturated heterocycles. The molecule has 0 spiro atoms. The van der Waals surface area contributed by atoms with Crippen LogP contribution in [-0.2, 0) is 11.2 Å². The molecule has 0 N–H and O–H groups in total. The Morgan fingerprint density at radius 3 is 2.91 bits per heavy atom. The van der Waals surface area contributed by atoms with Crippen molar-refractivity contribution < 1.29 is 9.53 Å². The third-order valence-corrected chi connectivity index (χ3v) is 4.39. The predicted molar refractivity (Wildman–Crippen MR) is 88.4 cm³/mol. The Morgan fingerprint density at radius 1 is 1.26 bits per heavy atom. The Balaban J connectivity index is 1.68. The standard InChI is InChI=1S/C16H13BrN4O2/c17-13-9-18-20-7-6-14(19-15(13)20)21-12(10-23-16(21)22)8-11-4-2-1-3-5-11/h1-7,9,12H,8,10H2/t12-/m0/s1. The van der Waals surface area contributed by atoms with E-state index in [9.17, 15) is 4.79 Å². The summed E-state index contributed by atoms with van der Waals surface area (Å²) in [6.45, 7) is 0.362. The van der Waals surface area contributed by atoms with Crippen molar-refractivity contribution in [3.05, 3.63) is 58.8 Å². The molecule has 116 valence electrons. The van der Waals surface area contributed by atoms with E-state index in [0.29, 0.717) is 18.1 Å². The first kappa shape index (κ1) is 14.2. The van der Waals surface area contributed by atoms with Crippen molar-refractivity contribution in [2.24, 2.45) is 0 Å². The zero-order chi connectivity index (χ0) is 15.8. The van der Waals surface area contributed by atoms with Crippen LogP contribution in [0.4, 0.5) is 10.6 Å². The molecule has 23 heavy (non-hydrogen) atoms. The SMILES string of the molecule is O=C1OC[C@H](Cc2ccccc2)N1c1ccn2ncc(Br)c2n1. The number of hydrogen-bond donors (Lipinski definition) is 0. The molecule has 0 unspecified atom stereocenters. The van der Waals surface area contributed by atoms with Crippen LogP contribution in [0.3, 0.4) is 0 Å². The summed E-state index contributed by atoms with van der Waals surface area (Å²) in [5, 5.41) is 4.16. The van der Waals surface area contributed by atoms with Gasteiger partial charge in [0.2, 0.25) is 0 Å². The van der Waals surface area contributed by atoms with Crippen LogP contribution < -0.4 is 4.90 Å². The number of amides is 1. The third-order valence-electron chi connectivity index (χ3n) is 3.83. The molecule has 1 atom stereocenters. The molecule has 1 aromatic carbocycles. The molecule has 6 nitrogen and oxygen atoms in total. The smallest absolute Gasteiger partial charge is 0.415 e. The topological polar surface area (TPSA) is 59.7 Å². The molecule has 2 aromatic heterocycles. The van der Waals surface area contributed by atoms with Gasteiger partial charge in [-0.25, -0.2) is 14.3 Å². The van der Waals surface area contributed by atoms with Gasteiger partial charge in [-0.2, -0.15) is 5.10 Å². The van der Waals surface area contributed by atoms with Gasteiger partial charge in [0.1, 0.15) is 12.4 Å². The lowest BCUT2D eigenvalue weighted by Crippen LogP contribution is -2.35. The summed E-state index contributed by atoms with van der Waals surface area (Å²) < 4.78 is 7.68. The number of aromatic nitrogens is 3. The monoisotopic (exact) mass is 372 g/mol. The van der Waals surface area contributed by atoms with Crippen molar-refractivity contribution in [2.75, 3.05) is 11.5 Å². The lowest BCUT2D eigenvalue weighted by atomic mass is 10.1. The highest BCUT2D eigenvalue weighted by molar-refractivity contribution is 9.10. The number of fused-ring (bicyclic) bond motifs is 1. The van der Waals surface area contributed by atoms with Crippen molar-refractivity contribution in [3.63, 3.8) is 0 Å². The molecular formula is C16H13BrN4O2. The summed E-state index contributed by atoms with van der Waals surface area (Å²) in [6, 6.07) is 11.8. The number of cyclic esters (lactones) is 1. The number of anilines is 1. The van der Waals surface area contributed by atoms with Crippen LogP contribution in [0.1, 0.15) is 5.56 Å². The summed E-state index contributed by atoms with van der Waals surface area (Å²) in [4.78, 5) is 18.3. The van der Waals surface area contributed by atoms with Crippen molar-refractivity contribution in [1.82, 2.24) is 14.6 Å². The second kappa shape index (κ2) is 5.66. The molecule has 0 aliphatic carbocycles. The van der Waals surface area contributed by atoms with Crippen LogP contribution in [0.25, 0.3) is 5.65 Å². The maximum Gasteiger partial charge on any atom is 0.415 e. The largest absolute Gasteiger partial charge is 0.447 e. The maximum absolute atomic E-state index is 12.2. The number of hydrogen-bond acceptors (Lipinski definition) is 4. The number of halogens is 1. The van der Waals surface area contributed by atoms with E-state index in [1.807, 2.05) is 30.3 Å². The molecule has 1 aliphatic rings. The average molecular weight is 373 g/mol. The molecule has 0 saturated carbocycles. The summed E-state index contributed by atoms with van der Waals surface area (Å²) in [7, 11) is 0. The molecule has 1 aliphatic heterocycles. The van der Waals surface area contributed by atoms with Crippen LogP contribution in [-0.4, -0.2) is 33.3 Å². The van der Waals surface area contributed by atoms with Crippen molar-refractivity contribution in [1.29, 1.82) is 0 Å². The lowest BCUT2D eigenvalue weighted by Gasteiger charge is -2.20. The zero-order valence-electron chi connectivity index (χ0n) is 12.1. The van der Waals surface area contributed by atoms with E-state index in [-0.39, 0.29) is 12.1 Å². The van der Waals surface area contributed by atoms with Crippen molar-refractivity contribution in [3.8, 4) is 0 Å². The van der Waals surface area contributed by atoms with Gasteiger partial charge in [-0.15, -0.1) is 0 Å². The van der Waals surface area contributed by atoms with Crippen LogP contribution in [0.2, 0.25) is 0 Å². The Bertz CT molecular complexity index is 865. The molecule has 4 rings (SSSR count). The molecular weight excluding hydrogens is 360 g/mol. The second-order valence-electron chi connectivity index (χ2n) is 5.34. The minimum atomic E-state index is -0.363. The highest BCUT2D eigenvalue weighted by Gasteiger charge is 2.35. The van der Waals surface area contributed by atoms with Gasteiger partial charge in [0.25, 0.3) is 0 Å². The number of ether oxygens (including phenoxy) is 1. The molecule has 3 aromatic rings. The molecule has 1 amide bonds. The lowest BCUT2D eigenvalue weighted by molar-refractivity contribution is 0.178. The van der Waals surface area contributed by atoms with E-state index < -0.39 is 0 Å². The number of benzene rings is 1. The Hall–Kier alpha value is -2.41. The van der Waals surface area contributed by atoms with Crippen LogP contribution in [0.5, 0.6) is 0 Å². The maximum atomic E-state index is 12.2. The van der Waals surface area contributed by atoms with E-state index in [0.717, 1.165) is 16.5 Å². The van der Waals surface area contributed by atoms with Crippen LogP contribution in [0.15, 0.2) is 53.3 Å². The Kier molecular flexibility index (Phi) is 3.49. The fourth-order valence-corrected chi connectivity index (χ4v) is 3.11. The minimum absolute atomic E-state index is 0.0680. The number of carbonyl (C=O) groups excluding carboxylic acids is 1. The fraction of sp³-hybridized carbons (Fsp3) is 0.188. The van der Waals surface area contributed by atoms with Gasteiger partial charge in [0.05, 0.1) is 16.7 Å². The van der Waals surface area contributed by atoms with Gasteiger partial charge in [-0.3, -0.25) is 4.90 Å².